The third kappa shape index (κ3) is 3.09. The molecule has 2 unspecified atom stereocenters. The number of aryl methyl sites for hydroxylation is 1. The number of hydrogen-bond donors (Lipinski definition) is 1. The number of nitrogens with zero attached hydrogens (tertiary/aromatic N) is 2. The average molecular weight is 237 g/mol. The number of nitrogens with one attached hydrogen (secondary N) is 1. The van der Waals surface area contributed by atoms with Crippen LogP contribution in [-0.2, 0) is 0 Å². The Kier molecular flexibility index (Phi) is 5.19. The molecule has 2 atom stereocenters. The van der Waals surface area contributed by atoms with Crippen LogP contribution in [0.3, 0.4) is 0 Å². The Morgan fingerprint density at radius 3 is 2.41 bits per heavy atom. The van der Waals surface area contributed by atoms with Gasteiger partial charge in [0.2, 0.25) is 0 Å². The number of hydrogen-bond acceptors (Lipinski definition) is 2. The summed E-state index contributed by atoms with van der Waals surface area (Å²) >= 11 is 0. The molecule has 0 spiro atoms. The molecular weight excluding hydrogens is 210 g/mol. The molecule has 3 nitrogen and oxygen atoms in total. The summed E-state index contributed by atoms with van der Waals surface area (Å²) in [6, 6.07) is 0.883. The SMILES string of the molecule is CCCNC(C)c1c(C)nn(C(C)CC)c1C. The van der Waals surface area contributed by atoms with Gasteiger partial charge in [0.25, 0.3) is 0 Å². The van der Waals surface area contributed by atoms with Gasteiger partial charge in [-0.2, -0.15) is 5.10 Å². The summed E-state index contributed by atoms with van der Waals surface area (Å²) in [6.07, 6.45) is 2.29. The molecule has 0 radical (unpaired) electrons. The molecule has 0 saturated heterocycles. The van der Waals surface area contributed by atoms with Crippen molar-refractivity contribution in [3.8, 4) is 0 Å². The fraction of sp³-hybridized carbons (Fsp3) is 0.786. The Morgan fingerprint density at radius 2 is 1.88 bits per heavy atom. The Hall–Kier alpha value is -0.830. The van der Waals surface area contributed by atoms with Crippen molar-refractivity contribution in [2.75, 3.05) is 6.54 Å². The first-order valence-electron chi connectivity index (χ1n) is 6.81. The van der Waals surface area contributed by atoms with E-state index in [0.29, 0.717) is 12.1 Å². The lowest BCUT2D eigenvalue weighted by Gasteiger charge is -2.16. The van der Waals surface area contributed by atoms with Crippen LogP contribution in [0.15, 0.2) is 0 Å². The van der Waals surface area contributed by atoms with Gasteiger partial charge in [0, 0.05) is 23.3 Å². The molecule has 0 aromatic carbocycles. The van der Waals surface area contributed by atoms with Crippen LogP contribution in [0.5, 0.6) is 0 Å². The normalized spacial score (nSPS) is 14.9. The van der Waals surface area contributed by atoms with Gasteiger partial charge in [0.15, 0.2) is 0 Å². The average Bonchev–Trinajstić information content (AvgIpc) is 2.61. The summed E-state index contributed by atoms with van der Waals surface area (Å²) in [5, 5.41) is 8.23. The zero-order valence-corrected chi connectivity index (χ0v) is 12.2. The summed E-state index contributed by atoms with van der Waals surface area (Å²) in [5.41, 5.74) is 3.85. The quantitative estimate of drug-likeness (QED) is 0.820. The van der Waals surface area contributed by atoms with Crippen LogP contribution in [0.4, 0.5) is 0 Å². The molecule has 17 heavy (non-hydrogen) atoms. The van der Waals surface area contributed by atoms with Crippen molar-refractivity contribution < 1.29 is 0 Å². The highest BCUT2D eigenvalue weighted by Gasteiger charge is 2.18. The van der Waals surface area contributed by atoms with E-state index in [1.54, 1.807) is 0 Å². The van der Waals surface area contributed by atoms with Crippen LogP contribution in [0.25, 0.3) is 0 Å². The number of rotatable bonds is 6. The van der Waals surface area contributed by atoms with Gasteiger partial charge in [-0.25, -0.2) is 0 Å². The molecule has 1 heterocycles. The van der Waals surface area contributed by atoms with Crippen molar-refractivity contribution >= 4 is 0 Å². The largest absolute Gasteiger partial charge is 0.310 e. The maximum absolute atomic E-state index is 4.69. The van der Waals surface area contributed by atoms with Gasteiger partial charge in [0.1, 0.15) is 0 Å². The van der Waals surface area contributed by atoms with E-state index < -0.39 is 0 Å². The van der Waals surface area contributed by atoms with E-state index >= 15 is 0 Å². The van der Waals surface area contributed by atoms with Crippen molar-refractivity contribution in [2.45, 2.75) is 66.5 Å². The lowest BCUT2D eigenvalue weighted by molar-refractivity contribution is 0.463. The number of aromatic nitrogens is 2. The Balaban J connectivity index is 2.96. The Labute approximate surface area is 106 Å². The lowest BCUT2D eigenvalue weighted by atomic mass is 10.1. The van der Waals surface area contributed by atoms with Crippen molar-refractivity contribution in [1.82, 2.24) is 15.1 Å². The predicted octanol–water partition coefficient (Wildman–Crippen LogP) is 3.53. The van der Waals surface area contributed by atoms with E-state index in [4.69, 9.17) is 0 Å². The lowest BCUT2D eigenvalue weighted by Crippen LogP contribution is -2.20. The van der Waals surface area contributed by atoms with Gasteiger partial charge in [-0.3, -0.25) is 4.68 Å². The molecule has 0 aliphatic rings. The van der Waals surface area contributed by atoms with Gasteiger partial charge in [-0.15, -0.1) is 0 Å². The highest BCUT2D eigenvalue weighted by atomic mass is 15.3. The Morgan fingerprint density at radius 1 is 1.24 bits per heavy atom. The minimum atomic E-state index is 0.396. The predicted molar refractivity (Wildman–Crippen MR) is 73.4 cm³/mol. The van der Waals surface area contributed by atoms with E-state index in [1.807, 2.05) is 0 Å². The van der Waals surface area contributed by atoms with Crippen molar-refractivity contribution in [1.29, 1.82) is 0 Å². The van der Waals surface area contributed by atoms with E-state index in [0.717, 1.165) is 13.0 Å². The van der Waals surface area contributed by atoms with Crippen LogP contribution in [0.1, 0.15) is 69.6 Å². The van der Waals surface area contributed by atoms with Gasteiger partial charge in [-0.05, 0) is 47.1 Å². The second kappa shape index (κ2) is 6.20. The fourth-order valence-electron chi connectivity index (χ4n) is 2.37. The topological polar surface area (TPSA) is 29.9 Å². The molecule has 0 bridgehead atoms. The minimum Gasteiger partial charge on any atom is -0.310 e. The molecule has 1 aromatic rings. The molecule has 0 aliphatic heterocycles. The first-order chi connectivity index (χ1) is 8.02. The molecule has 3 heteroatoms. The third-order valence-electron chi connectivity index (χ3n) is 3.52. The fourth-order valence-corrected chi connectivity index (χ4v) is 2.37. The maximum Gasteiger partial charge on any atom is 0.0644 e. The highest BCUT2D eigenvalue weighted by Crippen LogP contribution is 2.24. The summed E-state index contributed by atoms with van der Waals surface area (Å²) < 4.78 is 2.18. The molecule has 0 amide bonds. The van der Waals surface area contributed by atoms with Crippen LogP contribution < -0.4 is 5.32 Å². The zero-order chi connectivity index (χ0) is 13.0. The molecule has 1 rings (SSSR count). The second-order valence-electron chi connectivity index (χ2n) is 4.96. The summed E-state index contributed by atoms with van der Waals surface area (Å²) in [4.78, 5) is 0. The summed E-state index contributed by atoms with van der Waals surface area (Å²) in [7, 11) is 0. The monoisotopic (exact) mass is 237 g/mol. The maximum atomic E-state index is 4.69. The van der Waals surface area contributed by atoms with Gasteiger partial charge >= 0.3 is 0 Å². The molecule has 0 fully saturated rings. The van der Waals surface area contributed by atoms with E-state index in [9.17, 15) is 0 Å². The van der Waals surface area contributed by atoms with E-state index in [2.05, 4.69) is 56.6 Å². The van der Waals surface area contributed by atoms with Crippen LogP contribution in [0, 0.1) is 13.8 Å². The van der Waals surface area contributed by atoms with Crippen LogP contribution in [-0.4, -0.2) is 16.3 Å². The first kappa shape index (κ1) is 14.2. The van der Waals surface area contributed by atoms with Gasteiger partial charge in [0.05, 0.1) is 5.69 Å². The zero-order valence-electron chi connectivity index (χ0n) is 12.2. The molecule has 0 aliphatic carbocycles. The molecule has 98 valence electrons. The smallest absolute Gasteiger partial charge is 0.0644 e. The van der Waals surface area contributed by atoms with Gasteiger partial charge < -0.3 is 5.32 Å². The van der Waals surface area contributed by atoms with Crippen LogP contribution in [0.2, 0.25) is 0 Å². The molecule has 1 N–H and O–H groups in total. The molecular formula is C14H27N3. The first-order valence-corrected chi connectivity index (χ1v) is 6.81. The van der Waals surface area contributed by atoms with Gasteiger partial charge in [-0.1, -0.05) is 13.8 Å². The van der Waals surface area contributed by atoms with E-state index in [1.165, 1.54) is 23.4 Å². The van der Waals surface area contributed by atoms with Crippen molar-refractivity contribution in [3.05, 3.63) is 17.0 Å². The Bertz CT molecular complexity index is 355. The van der Waals surface area contributed by atoms with Crippen molar-refractivity contribution in [3.63, 3.8) is 0 Å². The van der Waals surface area contributed by atoms with Crippen molar-refractivity contribution in [2.24, 2.45) is 0 Å². The van der Waals surface area contributed by atoms with E-state index in [-0.39, 0.29) is 0 Å². The third-order valence-corrected chi connectivity index (χ3v) is 3.52. The second-order valence-corrected chi connectivity index (χ2v) is 4.96. The molecule has 1 aromatic heterocycles. The summed E-state index contributed by atoms with van der Waals surface area (Å²) in [5.74, 6) is 0. The standard InChI is InChI=1S/C14H27N3/c1-7-9-15-11(4)14-12(5)16-17(13(14)6)10(3)8-2/h10-11,15H,7-9H2,1-6H3. The molecule has 0 saturated carbocycles. The summed E-state index contributed by atoms with van der Waals surface area (Å²) in [6.45, 7) is 14.2. The minimum absolute atomic E-state index is 0.396. The highest BCUT2D eigenvalue weighted by molar-refractivity contribution is 5.28. The van der Waals surface area contributed by atoms with Crippen LogP contribution >= 0.6 is 0 Å².